The fourth-order valence-electron chi connectivity index (χ4n) is 1.66. The maximum atomic E-state index is 13.7. The van der Waals surface area contributed by atoms with Gasteiger partial charge in [-0.2, -0.15) is 5.10 Å². The van der Waals surface area contributed by atoms with Gasteiger partial charge >= 0.3 is 0 Å². The Morgan fingerprint density at radius 3 is 2.63 bits per heavy atom. The lowest BCUT2D eigenvalue weighted by Gasteiger charge is -2.13. The van der Waals surface area contributed by atoms with Crippen molar-refractivity contribution in [2.24, 2.45) is 0 Å². The Hall–Kier alpha value is -1.75. The minimum Gasteiger partial charge on any atom is -0.488 e. The van der Waals surface area contributed by atoms with Crippen LogP contribution >= 0.6 is 11.6 Å². The lowest BCUT2D eigenvalue weighted by Crippen LogP contribution is -2.09. The van der Waals surface area contributed by atoms with Gasteiger partial charge in [-0.15, -0.1) is 0 Å². The molecule has 0 aliphatic rings. The molecule has 0 unspecified atom stereocenters. The molecule has 0 saturated heterocycles. The van der Waals surface area contributed by atoms with Crippen LogP contribution < -0.4 is 10.5 Å². The first kappa shape index (κ1) is 13.7. The molecule has 0 aliphatic carbocycles. The summed E-state index contributed by atoms with van der Waals surface area (Å²) in [4.78, 5) is 0. The molecule has 2 N–H and O–H groups in total. The molecule has 2 aromatic rings. The summed E-state index contributed by atoms with van der Waals surface area (Å²) in [5.41, 5.74) is 7.30. The Bertz CT molecular complexity index is 591. The van der Waals surface area contributed by atoms with E-state index in [1.165, 1.54) is 16.8 Å². The Morgan fingerprint density at radius 2 is 2.11 bits per heavy atom. The highest BCUT2D eigenvalue weighted by Crippen LogP contribution is 2.28. The molecule has 0 fully saturated rings. The SMILES string of the molecule is Cc1nn(-c2cc(OC(C)C)c(F)cc2N)cc1Cl. The van der Waals surface area contributed by atoms with Crippen molar-refractivity contribution in [3.63, 3.8) is 0 Å². The van der Waals surface area contributed by atoms with E-state index in [4.69, 9.17) is 22.1 Å². The highest BCUT2D eigenvalue weighted by atomic mass is 35.5. The molecule has 2 rings (SSSR count). The summed E-state index contributed by atoms with van der Waals surface area (Å²) in [6.07, 6.45) is 1.49. The van der Waals surface area contributed by atoms with E-state index in [2.05, 4.69) is 5.10 Å². The molecule has 0 amide bonds. The maximum absolute atomic E-state index is 13.7. The van der Waals surface area contributed by atoms with Gasteiger partial charge in [0.2, 0.25) is 0 Å². The number of benzene rings is 1. The van der Waals surface area contributed by atoms with Crippen molar-refractivity contribution in [2.45, 2.75) is 26.9 Å². The highest BCUT2D eigenvalue weighted by molar-refractivity contribution is 6.31. The summed E-state index contributed by atoms with van der Waals surface area (Å²) in [5.74, 6) is -0.353. The Morgan fingerprint density at radius 1 is 1.42 bits per heavy atom. The van der Waals surface area contributed by atoms with Gasteiger partial charge in [0.15, 0.2) is 11.6 Å². The van der Waals surface area contributed by atoms with Crippen LogP contribution in [0.1, 0.15) is 19.5 Å². The van der Waals surface area contributed by atoms with E-state index in [1.54, 1.807) is 13.1 Å². The van der Waals surface area contributed by atoms with Gasteiger partial charge in [0.25, 0.3) is 0 Å². The molecule has 1 aromatic carbocycles. The second-order valence-corrected chi connectivity index (χ2v) is 4.92. The fourth-order valence-corrected chi connectivity index (χ4v) is 1.79. The molecule has 0 radical (unpaired) electrons. The van der Waals surface area contributed by atoms with Crippen LogP contribution in [0, 0.1) is 12.7 Å². The van der Waals surface area contributed by atoms with Gasteiger partial charge in [-0.25, -0.2) is 9.07 Å². The van der Waals surface area contributed by atoms with E-state index >= 15 is 0 Å². The minimum absolute atomic E-state index is 0.131. The first-order valence-electron chi connectivity index (χ1n) is 5.86. The zero-order chi connectivity index (χ0) is 14.2. The molecule has 102 valence electrons. The molecule has 0 bridgehead atoms. The van der Waals surface area contributed by atoms with E-state index in [0.717, 1.165) is 0 Å². The summed E-state index contributed by atoms with van der Waals surface area (Å²) in [6.45, 7) is 5.43. The number of halogens is 2. The number of aryl methyl sites for hydroxylation is 1. The third-order valence-corrected chi connectivity index (χ3v) is 2.90. The van der Waals surface area contributed by atoms with Crippen molar-refractivity contribution in [2.75, 3.05) is 5.73 Å². The standard InChI is InChI=1S/C13H15ClFN3O/c1-7(2)19-13-5-12(11(16)4-10(13)15)18-6-9(14)8(3)17-18/h4-7H,16H2,1-3H3. The maximum Gasteiger partial charge on any atom is 0.167 e. The van der Waals surface area contributed by atoms with Crippen molar-refractivity contribution in [3.05, 3.63) is 34.9 Å². The molecular weight excluding hydrogens is 269 g/mol. The van der Waals surface area contributed by atoms with Crippen LogP contribution in [-0.4, -0.2) is 15.9 Å². The monoisotopic (exact) mass is 283 g/mol. The normalized spacial score (nSPS) is 11.1. The number of nitrogens with zero attached hydrogens (tertiary/aromatic N) is 2. The van der Waals surface area contributed by atoms with Crippen molar-refractivity contribution in [1.29, 1.82) is 0 Å². The fraction of sp³-hybridized carbons (Fsp3) is 0.308. The predicted molar refractivity (Wildman–Crippen MR) is 73.4 cm³/mol. The van der Waals surface area contributed by atoms with Crippen LogP contribution in [0.25, 0.3) is 5.69 Å². The number of nitrogen functional groups attached to an aromatic ring is 1. The van der Waals surface area contributed by atoms with Gasteiger partial charge in [0.1, 0.15) is 0 Å². The van der Waals surface area contributed by atoms with E-state index in [-0.39, 0.29) is 17.5 Å². The molecule has 0 saturated carbocycles. The quantitative estimate of drug-likeness (QED) is 0.879. The number of aromatic nitrogens is 2. The van der Waals surface area contributed by atoms with Crippen molar-refractivity contribution >= 4 is 17.3 Å². The van der Waals surface area contributed by atoms with E-state index in [1.807, 2.05) is 13.8 Å². The second kappa shape index (κ2) is 5.09. The van der Waals surface area contributed by atoms with Gasteiger partial charge < -0.3 is 10.5 Å². The lowest BCUT2D eigenvalue weighted by molar-refractivity contribution is 0.231. The summed E-state index contributed by atoms with van der Waals surface area (Å²) < 4.78 is 20.6. The minimum atomic E-state index is -0.495. The highest BCUT2D eigenvalue weighted by Gasteiger charge is 2.13. The number of rotatable bonds is 3. The molecule has 0 aliphatic heterocycles. The summed E-state index contributed by atoms with van der Waals surface area (Å²) in [6, 6.07) is 2.74. The first-order valence-corrected chi connectivity index (χ1v) is 6.24. The molecule has 1 aromatic heterocycles. The van der Waals surface area contributed by atoms with E-state index in [0.29, 0.717) is 16.4 Å². The molecule has 4 nitrogen and oxygen atoms in total. The molecule has 1 heterocycles. The number of ether oxygens (including phenoxy) is 1. The summed E-state index contributed by atoms with van der Waals surface area (Å²) in [5, 5.41) is 4.74. The zero-order valence-electron chi connectivity index (χ0n) is 10.9. The Balaban J connectivity index is 2.50. The topological polar surface area (TPSA) is 53.1 Å². The van der Waals surface area contributed by atoms with Crippen LogP contribution in [-0.2, 0) is 0 Å². The smallest absolute Gasteiger partial charge is 0.167 e. The zero-order valence-corrected chi connectivity index (χ0v) is 11.7. The van der Waals surface area contributed by atoms with Crippen molar-refractivity contribution in [3.8, 4) is 11.4 Å². The Labute approximate surface area is 115 Å². The van der Waals surface area contributed by atoms with E-state index in [9.17, 15) is 4.39 Å². The number of hydrogen-bond donors (Lipinski definition) is 1. The summed E-state index contributed by atoms with van der Waals surface area (Å²) >= 11 is 5.96. The lowest BCUT2D eigenvalue weighted by atomic mass is 10.2. The average molecular weight is 284 g/mol. The van der Waals surface area contributed by atoms with Gasteiger partial charge in [0.05, 0.1) is 28.2 Å². The van der Waals surface area contributed by atoms with Crippen molar-refractivity contribution < 1.29 is 9.13 Å². The molecule has 0 atom stereocenters. The van der Waals surface area contributed by atoms with Gasteiger partial charge in [-0.05, 0) is 20.8 Å². The van der Waals surface area contributed by atoms with Crippen LogP contribution in [0.15, 0.2) is 18.3 Å². The van der Waals surface area contributed by atoms with Gasteiger partial charge in [0, 0.05) is 18.3 Å². The third kappa shape index (κ3) is 2.81. The summed E-state index contributed by atoms with van der Waals surface area (Å²) in [7, 11) is 0. The predicted octanol–water partition coefficient (Wildman–Crippen LogP) is 3.34. The van der Waals surface area contributed by atoms with Crippen molar-refractivity contribution in [1.82, 2.24) is 9.78 Å². The largest absolute Gasteiger partial charge is 0.488 e. The first-order chi connectivity index (χ1) is 8.88. The Kier molecular flexibility index (Phi) is 3.66. The third-order valence-electron chi connectivity index (χ3n) is 2.53. The number of hydrogen-bond acceptors (Lipinski definition) is 3. The van der Waals surface area contributed by atoms with Crippen LogP contribution in [0.2, 0.25) is 5.02 Å². The second-order valence-electron chi connectivity index (χ2n) is 4.52. The van der Waals surface area contributed by atoms with Gasteiger partial charge in [-0.3, -0.25) is 0 Å². The molecule has 6 heteroatoms. The van der Waals surface area contributed by atoms with Gasteiger partial charge in [-0.1, -0.05) is 11.6 Å². The molecule has 0 spiro atoms. The van der Waals surface area contributed by atoms with E-state index < -0.39 is 5.82 Å². The van der Waals surface area contributed by atoms with Crippen LogP contribution in [0.5, 0.6) is 5.75 Å². The average Bonchev–Trinajstić information content (AvgIpc) is 2.62. The van der Waals surface area contributed by atoms with Crippen LogP contribution in [0.3, 0.4) is 0 Å². The van der Waals surface area contributed by atoms with Crippen LogP contribution in [0.4, 0.5) is 10.1 Å². The number of anilines is 1. The number of nitrogens with two attached hydrogens (primary N) is 1. The molecular formula is C13H15ClFN3O. The molecule has 19 heavy (non-hydrogen) atoms.